The zero-order valence-electron chi connectivity index (χ0n) is 18.4. The summed E-state index contributed by atoms with van der Waals surface area (Å²) >= 11 is 1.57. The van der Waals surface area contributed by atoms with E-state index in [1.54, 1.807) is 50.2 Å². The number of ether oxygens (including phenoxy) is 2. The largest absolute Gasteiger partial charge is 0.383 e. The van der Waals surface area contributed by atoms with Crippen LogP contribution in [0, 0.1) is 5.82 Å². The number of benzene rings is 2. The molecule has 0 aliphatic carbocycles. The van der Waals surface area contributed by atoms with Crippen LogP contribution in [0.1, 0.15) is 40.3 Å². The summed E-state index contributed by atoms with van der Waals surface area (Å²) < 4.78 is 25.5. The van der Waals surface area contributed by atoms with Crippen LogP contribution in [0.4, 0.5) is 4.39 Å². The lowest BCUT2D eigenvalue weighted by Gasteiger charge is -2.17. The van der Waals surface area contributed by atoms with Crippen LogP contribution in [0.25, 0.3) is 0 Å². The van der Waals surface area contributed by atoms with Gasteiger partial charge < -0.3 is 14.8 Å². The highest BCUT2D eigenvalue weighted by molar-refractivity contribution is 7.98. The molecule has 0 aliphatic heterocycles. The van der Waals surface area contributed by atoms with Crippen molar-refractivity contribution in [3.05, 3.63) is 76.9 Å². The molecule has 2 aromatic carbocycles. The molecule has 170 valence electrons. The minimum atomic E-state index is -0.296. The summed E-state index contributed by atoms with van der Waals surface area (Å²) in [6, 6.07) is 13.6. The van der Waals surface area contributed by atoms with Crippen molar-refractivity contribution < 1.29 is 18.7 Å². The van der Waals surface area contributed by atoms with E-state index >= 15 is 0 Å². The van der Waals surface area contributed by atoms with E-state index in [2.05, 4.69) is 22.4 Å². The predicted molar refractivity (Wildman–Crippen MR) is 121 cm³/mol. The first-order chi connectivity index (χ1) is 15.5. The number of carbonyl (C=O) groups is 1. The number of nitrogens with one attached hydrogen (secondary N) is 1. The number of hydrogen-bond donors (Lipinski definition) is 1. The van der Waals surface area contributed by atoms with Gasteiger partial charge in [-0.3, -0.25) is 9.36 Å². The third-order valence-corrected chi connectivity index (χ3v) is 5.82. The first kappa shape index (κ1) is 23.9. The Morgan fingerprint density at radius 3 is 2.41 bits per heavy atom. The number of nitrogens with zero attached hydrogens (tertiary/aromatic N) is 3. The van der Waals surface area contributed by atoms with Gasteiger partial charge in [0.1, 0.15) is 12.4 Å². The third kappa shape index (κ3) is 6.38. The molecule has 7 nitrogen and oxygen atoms in total. The van der Waals surface area contributed by atoms with Crippen molar-refractivity contribution in [3.8, 4) is 0 Å². The van der Waals surface area contributed by atoms with Gasteiger partial charge in [0.15, 0.2) is 11.0 Å². The lowest BCUT2D eigenvalue weighted by Crippen LogP contribution is -2.22. The number of halogens is 1. The molecule has 1 N–H and O–H groups in total. The molecule has 1 heterocycles. The van der Waals surface area contributed by atoms with Gasteiger partial charge in [0.2, 0.25) is 0 Å². The Morgan fingerprint density at radius 1 is 1.06 bits per heavy atom. The highest BCUT2D eigenvalue weighted by Gasteiger charge is 2.18. The lowest BCUT2D eigenvalue weighted by atomic mass is 10.1. The second kappa shape index (κ2) is 11.8. The van der Waals surface area contributed by atoms with E-state index in [1.165, 1.54) is 12.1 Å². The molecule has 0 unspecified atom stereocenters. The Labute approximate surface area is 191 Å². The number of rotatable bonds is 11. The molecule has 1 atom stereocenters. The zero-order valence-corrected chi connectivity index (χ0v) is 19.2. The minimum absolute atomic E-state index is 0.0785. The fraction of sp³-hybridized carbons (Fsp3) is 0.348. The molecular formula is C23H27FN4O3S. The molecule has 32 heavy (non-hydrogen) atoms. The number of hydrogen-bond acceptors (Lipinski definition) is 6. The molecule has 3 rings (SSSR count). The molecule has 0 bridgehead atoms. The van der Waals surface area contributed by atoms with Crippen LogP contribution in [0.5, 0.6) is 0 Å². The minimum Gasteiger partial charge on any atom is -0.383 e. The first-order valence-electron chi connectivity index (χ1n) is 10.2. The quantitative estimate of drug-likeness (QED) is 0.438. The number of aromatic nitrogens is 3. The predicted octanol–water partition coefficient (Wildman–Crippen LogP) is 3.99. The zero-order chi connectivity index (χ0) is 22.9. The van der Waals surface area contributed by atoms with Gasteiger partial charge in [-0.2, -0.15) is 0 Å². The fourth-order valence-electron chi connectivity index (χ4n) is 3.18. The Morgan fingerprint density at radius 2 is 1.75 bits per heavy atom. The Bertz CT molecular complexity index is 1010. The molecule has 1 aromatic heterocycles. The van der Waals surface area contributed by atoms with Gasteiger partial charge >= 0.3 is 0 Å². The van der Waals surface area contributed by atoms with E-state index < -0.39 is 0 Å². The molecule has 0 fully saturated rings. The summed E-state index contributed by atoms with van der Waals surface area (Å²) in [5.74, 6) is 0.968. The molecule has 0 aliphatic rings. The van der Waals surface area contributed by atoms with Crippen molar-refractivity contribution >= 4 is 17.7 Å². The van der Waals surface area contributed by atoms with E-state index in [-0.39, 0.29) is 17.8 Å². The Kier molecular flexibility index (Phi) is 8.78. The van der Waals surface area contributed by atoms with Gasteiger partial charge in [0.05, 0.1) is 12.6 Å². The normalized spacial score (nSPS) is 12.0. The number of carbonyl (C=O) groups excluding carboxylic acids is 1. The fourth-order valence-corrected chi connectivity index (χ4v) is 4.19. The van der Waals surface area contributed by atoms with E-state index in [4.69, 9.17) is 9.47 Å². The highest BCUT2D eigenvalue weighted by atomic mass is 32.2. The SMILES string of the molecule is COCc1nnc(SCc2ccc(C(=O)NCc3ccc(F)cc3)cc2)n1[C@@H](C)COC. The van der Waals surface area contributed by atoms with Crippen molar-refractivity contribution in [2.24, 2.45) is 0 Å². The smallest absolute Gasteiger partial charge is 0.251 e. The van der Waals surface area contributed by atoms with E-state index in [0.29, 0.717) is 31.1 Å². The maximum atomic E-state index is 13.0. The van der Waals surface area contributed by atoms with Gasteiger partial charge in [-0.15, -0.1) is 10.2 Å². The summed E-state index contributed by atoms with van der Waals surface area (Å²) in [7, 11) is 3.30. The molecule has 9 heteroatoms. The van der Waals surface area contributed by atoms with Gasteiger partial charge in [-0.05, 0) is 42.3 Å². The molecule has 0 saturated carbocycles. The maximum absolute atomic E-state index is 13.0. The van der Waals surface area contributed by atoms with E-state index in [1.807, 2.05) is 16.7 Å². The van der Waals surface area contributed by atoms with E-state index in [9.17, 15) is 9.18 Å². The Hall–Kier alpha value is -2.75. The average Bonchev–Trinajstić information content (AvgIpc) is 3.20. The summed E-state index contributed by atoms with van der Waals surface area (Å²) in [4.78, 5) is 12.4. The number of amides is 1. The molecule has 0 radical (unpaired) electrons. The molecule has 0 saturated heterocycles. The Balaban J connectivity index is 1.59. The van der Waals surface area contributed by atoms with Crippen molar-refractivity contribution in [3.63, 3.8) is 0 Å². The second-order valence-corrected chi connectivity index (χ2v) is 8.24. The van der Waals surface area contributed by atoms with E-state index in [0.717, 1.165) is 22.1 Å². The number of thioether (sulfide) groups is 1. The van der Waals surface area contributed by atoms with Crippen LogP contribution in [0.15, 0.2) is 53.7 Å². The van der Waals surface area contributed by atoms with Crippen LogP contribution in [-0.4, -0.2) is 41.5 Å². The summed E-state index contributed by atoms with van der Waals surface area (Å²) in [6.07, 6.45) is 0. The van der Waals surface area contributed by atoms with Crippen LogP contribution < -0.4 is 5.32 Å². The van der Waals surface area contributed by atoms with Gasteiger partial charge in [0.25, 0.3) is 5.91 Å². The van der Waals surface area contributed by atoms with Crippen molar-refractivity contribution in [2.45, 2.75) is 37.0 Å². The standard InChI is InChI=1S/C23H27FN4O3S/c1-16(13-30-2)28-21(14-31-3)26-27-23(28)32-15-18-4-8-19(9-5-18)22(29)25-12-17-6-10-20(24)11-7-17/h4-11,16H,12-15H2,1-3H3,(H,25,29)/t16-/m0/s1. The molecular weight excluding hydrogens is 431 g/mol. The maximum Gasteiger partial charge on any atom is 0.251 e. The second-order valence-electron chi connectivity index (χ2n) is 7.30. The van der Waals surface area contributed by atoms with Crippen LogP contribution in [-0.2, 0) is 28.4 Å². The van der Waals surface area contributed by atoms with Crippen LogP contribution in [0.3, 0.4) is 0 Å². The van der Waals surface area contributed by atoms with Crippen molar-refractivity contribution in [1.82, 2.24) is 20.1 Å². The molecule has 3 aromatic rings. The summed E-state index contributed by atoms with van der Waals surface area (Å²) in [5, 5.41) is 12.2. The van der Waals surface area contributed by atoms with Gasteiger partial charge in [0, 0.05) is 32.1 Å². The van der Waals surface area contributed by atoms with Crippen LogP contribution in [0.2, 0.25) is 0 Å². The highest BCUT2D eigenvalue weighted by Crippen LogP contribution is 2.26. The molecule has 0 spiro atoms. The van der Waals surface area contributed by atoms with Crippen LogP contribution >= 0.6 is 11.8 Å². The van der Waals surface area contributed by atoms with Gasteiger partial charge in [-0.1, -0.05) is 36.0 Å². The summed E-state index contributed by atoms with van der Waals surface area (Å²) in [5.41, 5.74) is 2.47. The van der Waals surface area contributed by atoms with Gasteiger partial charge in [-0.25, -0.2) is 4.39 Å². The monoisotopic (exact) mass is 458 g/mol. The van der Waals surface area contributed by atoms with Crippen molar-refractivity contribution in [2.75, 3.05) is 20.8 Å². The number of methoxy groups -OCH3 is 2. The topological polar surface area (TPSA) is 78.3 Å². The van der Waals surface area contributed by atoms with Crippen molar-refractivity contribution in [1.29, 1.82) is 0 Å². The average molecular weight is 459 g/mol. The third-order valence-electron chi connectivity index (χ3n) is 4.81. The first-order valence-corrected chi connectivity index (χ1v) is 11.2. The molecule has 1 amide bonds. The summed E-state index contributed by atoms with van der Waals surface area (Å²) in [6.45, 7) is 3.32. The lowest BCUT2D eigenvalue weighted by molar-refractivity contribution is 0.0951.